The Morgan fingerprint density at radius 3 is 2.48 bits per heavy atom. The summed E-state index contributed by atoms with van der Waals surface area (Å²) in [5.74, 6) is -0.147. The number of carbonyl (C=O) groups is 1. The van der Waals surface area contributed by atoms with E-state index in [1.807, 2.05) is 12.1 Å². The zero-order chi connectivity index (χ0) is 16.8. The van der Waals surface area contributed by atoms with E-state index >= 15 is 0 Å². The third kappa shape index (κ3) is 4.63. The molecule has 0 radical (unpaired) electrons. The maximum atomic E-state index is 11.1. The summed E-state index contributed by atoms with van der Waals surface area (Å²) in [6, 6.07) is 13.4. The molecule has 0 aliphatic rings. The topological polar surface area (TPSA) is 96.6 Å². The van der Waals surface area contributed by atoms with Crippen LogP contribution < -0.4 is 10.7 Å². The fraction of sp³-hybridized carbons (Fsp3) is 0.125. The number of amides is 1. The lowest BCUT2D eigenvalue weighted by Gasteiger charge is -2.06. The normalized spacial score (nSPS) is 11.0. The van der Waals surface area contributed by atoms with Gasteiger partial charge >= 0.3 is 0 Å². The lowest BCUT2D eigenvalue weighted by Crippen LogP contribution is -2.07. The number of hydrogen-bond acceptors (Lipinski definition) is 5. The van der Waals surface area contributed by atoms with Crippen molar-refractivity contribution in [2.45, 2.75) is 13.8 Å². The number of nitro benzene ring substituents is 1. The summed E-state index contributed by atoms with van der Waals surface area (Å²) in [5, 5.41) is 17.7. The number of carbonyl (C=O) groups excluding carboxylic acids is 1. The van der Waals surface area contributed by atoms with Crippen molar-refractivity contribution in [2.24, 2.45) is 5.10 Å². The largest absolute Gasteiger partial charge is 0.326 e. The molecule has 1 amide bonds. The third-order valence-corrected chi connectivity index (χ3v) is 3.01. The maximum absolute atomic E-state index is 11.1. The van der Waals surface area contributed by atoms with Gasteiger partial charge in [-0.05, 0) is 30.7 Å². The Kier molecular flexibility index (Phi) is 5.03. The Morgan fingerprint density at radius 1 is 1.09 bits per heavy atom. The zero-order valence-corrected chi connectivity index (χ0v) is 12.7. The van der Waals surface area contributed by atoms with E-state index in [4.69, 9.17) is 0 Å². The van der Waals surface area contributed by atoms with E-state index in [0.717, 1.165) is 5.56 Å². The molecule has 23 heavy (non-hydrogen) atoms. The number of nitro groups is 1. The van der Waals surface area contributed by atoms with Gasteiger partial charge in [-0.2, -0.15) is 5.10 Å². The van der Waals surface area contributed by atoms with Crippen LogP contribution in [0.2, 0.25) is 0 Å². The van der Waals surface area contributed by atoms with Crippen molar-refractivity contribution in [3.8, 4) is 0 Å². The Labute approximate surface area is 133 Å². The second-order valence-electron chi connectivity index (χ2n) is 4.88. The van der Waals surface area contributed by atoms with E-state index in [-0.39, 0.29) is 11.6 Å². The van der Waals surface area contributed by atoms with Crippen molar-refractivity contribution in [3.63, 3.8) is 0 Å². The van der Waals surface area contributed by atoms with Crippen molar-refractivity contribution in [1.29, 1.82) is 0 Å². The van der Waals surface area contributed by atoms with Crippen LogP contribution in [0.1, 0.15) is 19.4 Å². The SMILES string of the molecule is CC(=O)Nc1cccc(/C(C)=N/Nc2cccc([N+](=O)[O-])c2)c1. The first kappa shape index (κ1) is 16.2. The number of non-ortho nitro benzene ring substituents is 1. The van der Waals surface area contributed by atoms with Crippen LogP contribution in [0.15, 0.2) is 53.6 Å². The van der Waals surface area contributed by atoms with Gasteiger partial charge in [-0.1, -0.05) is 18.2 Å². The third-order valence-electron chi connectivity index (χ3n) is 3.01. The van der Waals surface area contributed by atoms with Gasteiger partial charge in [0.05, 0.1) is 16.3 Å². The summed E-state index contributed by atoms with van der Waals surface area (Å²) in [7, 11) is 0. The number of benzene rings is 2. The molecule has 0 atom stereocenters. The van der Waals surface area contributed by atoms with E-state index in [1.165, 1.54) is 19.1 Å². The Morgan fingerprint density at radius 2 is 1.78 bits per heavy atom. The monoisotopic (exact) mass is 312 g/mol. The molecule has 0 aliphatic carbocycles. The highest BCUT2D eigenvalue weighted by Crippen LogP contribution is 2.17. The highest BCUT2D eigenvalue weighted by atomic mass is 16.6. The molecule has 0 saturated carbocycles. The predicted octanol–water partition coefficient (Wildman–Crippen LogP) is 3.39. The Bertz CT molecular complexity index is 771. The van der Waals surface area contributed by atoms with Gasteiger partial charge in [-0.3, -0.25) is 20.3 Å². The van der Waals surface area contributed by atoms with Gasteiger partial charge in [0, 0.05) is 24.7 Å². The minimum absolute atomic E-state index is 0.00416. The first-order valence-electron chi connectivity index (χ1n) is 6.88. The molecule has 2 N–H and O–H groups in total. The molecule has 0 fully saturated rings. The summed E-state index contributed by atoms with van der Waals surface area (Å²) in [5.41, 5.74) is 5.51. The van der Waals surface area contributed by atoms with Gasteiger partial charge in [-0.15, -0.1) is 0 Å². The number of rotatable bonds is 5. The Balaban J connectivity index is 2.15. The van der Waals surface area contributed by atoms with E-state index < -0.39 is 4.92 Å². The molecule has 0 heterocycles. The van der Waals surface area contributed by atoms with E-state index in [2.05, 4.69) is 15.8 Å². The quantitative estimate of drug-likeness (QED) is 0.502. The second kappa shape index (κ2) is 7.17. The molecule has 0 spiro atoms. The van der Waals surface area contributed by atoms with Crippen LogP contribution in [0.4, 0.5) is 17.1 Å². The number of hydrogen-bond donors (Lipinski definition) is 2. The van der Waals surface area contributed by atoms with Crippen molar-refractivity contribution in [1.82, 2.24) is 0 Å². The van der Waals surface area contributed by atoms with Crippen LogP contribution in [-0.4, -0.2) is 16.5 Å². The molecular weight excluding hydrogens is 296 g/mol. The van der Waals surface area contributed by atoms with Gasteiger partial charge in [0.25, 0.3) is 5.69 Å². The molecule has 2 aromatic rings. The van der Waals surface area contributed by atoms with Gasteiger partial charge in [0.1, 0.15) is 0 Å². The lowest BCUT2D eigenvalue weighted by molar-refractivity contribution is -0.384. The zero-order valence-electron chi connectivity index (χ0n) is 12.7. The number of hydrazone groups is 1. The fourth-order valence-electron chi connectivity index (χ4n) is 1.93. The van der Waals surface area contributed by atoms with Crippen LogP contribution >= 0.6 is 0 Å². The number of nitrogens with one attached hydrogen (secondary N) is 2. The van der Waals surface area contributed by atoms with Gasteiger partial charge in [-0.25, -0.2) is 0 Å². The summed E-state index contributed by atoms with van der Waals surface area (Å²) < 4.78 is 0. The smallest absolute Gasteiger partial charge is 0.271 e. The maximum Gasteiger partial charge on any atom is 0.271 e. The lowest BCUT2D eigenvalue weighted by atomic mass is 10.1. The first-order valence-corrected chi connectivity index (χ1v) is 6.88. The van der Waals surface area contributed by atoms with E-state index in [9.17, 15) is 14.9 Å². The van der Waals surface area contributed by atoms with Crippen molar-refractivity contribution in [3.05, 3.63) is 64.2 Å². The van der Waals surface area contributed by atoms with Crippen molar-refractivity contribution < 1.29 is 9.72 Å². The van der Waals surface area contributed by atoms with Gasteiger partial charge in [0.2, 0.25) is 5.91 Å². The first-order chi connectivity index (χ1) is 11.0. The minimum atomic E-state index is -0.460. The fourth-order valence-corrected chi connectivity index (χ4v) is 1.93. The second-order valence-corrected chi connectivity index (χ2v) is 4.88. The van der Waals surface area contributed by atoms with Crippen molar-refractivity contribution in [2.75, 3.05) is 10.7 Å². The van der Waals surface area contributed by atoms with Gasteiger partial charge in [0.15, 0.2) is 0 Å². The molecule has 0 unspecified atom stereocenters. The molecule has 0 saturated heterocycles. The summed E-state index contributed by atoms with van der Waals surface area (Å²) in [6.45, 7) is 3.24. The number of anilines is 2. The highest BCUT2D eigenvalue weighted by Gasteiger charge is 2.05. The van der Waals surface area contributed by atoms with E-state index in [0.29, 0.717) is 17.1 Å². The number of nitrogens with zero attached hydrogens (tertiary/aromatic N) is 2. The highest BCUT2D eigenvalue weighted by molar-refractivity contribution is 6.00. The van der Waals surface area contributed by atoms with E-state index in [1.54, 1.807) is 31.2 Å². The average molecular weight is 312 g/mol. The molecular formula is C16H16N4O3. The van der Waals surface area contributed by atoms with Crippen LogP contribution in [0.3, 0.4) is 0 Å². The predicted molar refractivity (Wildman–Crippen MR) is 89.7 cm³/mol. The van der Waals surface area contributed by atoms with Crippen LogP contribution in [0, 0.1) is 10.1 Å². The molecule has 118 valence electrons. The van der Waals surface area contributed by atoms with Crippen molar-refractivity contribution >= 4 is 28.7 Å². The minimum Gasteiger partial charge on any atom is -0.326 e. The molecule has 2 aromatic carbocycles. The Hall–Kier alpha value is -3.22. The van der Waals surface area contributed by atoms with Crippen LogP contribution in [0.5, 0.6) is 0 Å². The van der Waals surface area contributed by atoms with Gasteiger partial charge < -0.3 is 5.32 Å². The average Bonchev–Trinajstić information content (AvgIpc) is 2.52. The molecule has 0 aliphatic heterocycles. The molecule has 0 bridgehead atoms. The standard InChI is InChI=1S/C16H16N4O3/c1-11(13-5-3-6-14(9-13)17-12(2)21)18-19-15-7-4-8-16(10-15)20(22)23/h3-10,19H,1-2H3,(H,17,21)/b18-11+. The molecule has 7 heteroatoms. The summed E-state index contributed by atoms with van der Waals surface area (Å²) in [6.07, 6.45) is 0. The van der Waals surface area contributed by atoms with Crippen LogP contribution in [-0.2, 0) is 4.79 Å². The molecule has 2 rings (SSSR count). The summed E-state index contributed by atoms with van der Waals surface area (Å²) in [4.78, 5) is 21.4. The molecule has 7 nitrogen and oxygen atoms in total. The van der Waals surface area contributed by atoms with Crippen LogP contribution in [0.25, 0.3) is 0 Å². The molecule has 0 aromatic heterocycles. The summed E-state index contributed by atoms with van der Waals surface area (Å²) >= 11 is 0.